The minimum Gasteiger partial charge on any atom is -0.458 e. The summed E-state index contributed by atoms with van der Waals surface area (Å²) < 4.78 is 24.4. The number of esters is 3. The summed E-state index contributed by atoms with van der Waals surface area (Å²) in [5.74, 6) is -5.49. The lowest BCUT2D eigenvalue weighted by Gasteiger charge is -2.65. The van der Waals surface area contributed by atoms with Crippen molar-refractivity contribution in [3.63, 3.8) is 0 Å². The summed E-state index contributed by atoms with van der Waals surface area (Å²) in [5, 5.41) is 34.9. The minimum absolute atomic E-state index is 0.0537. The first-order valence-electron chi connectivity index (χ1n) is 17.2. The molecule has 50 heavy (non-hydrogen) atoms. The molecule has 11 atom stereocenters. The van der Waals surface area contributed by atoms with Crippen LogP contribution in [0.3, 0.4) is 0 Å². The molecule has 11 nitrogen and oxygen atoms in total. The average Bonchev–Trinajstić information content (AvgIpc) is 3.08. The van der Waals surface area contributed by atoms with Crippen LogP contribution in [0.5, 0.6) is 0 Å². The van der Waals surface area contributed by atoms with Gasteiger partial charge in [0.15, 0.2) is 17.5 Å². The maximum Gasteiger partial charge on any atom is 0.338 e. The minimum atomic E-state index is -1.76. The number of benzene rings is 2. The van der Waals surface area contributed by atoms with Crippen LogP contribution in [0.1, 0.15) is 76.2 Å². The Kier molecular flexibility index (Phi) is 9.35. The molecular weight excluding hydrogens is 644 g/mol. The van der Waals surface area contributed by atoms with Crippen molar-refractivity contribution in [2.75, 3.05) is 6.61 Å². The molecule has 3 fully saturated rings. The van der Waals surface area contributed by atoms with Gasteiger partial charge in [-0.25, -0.2) is 9.59 Å². The summed E-state index contributed by atoms with van der Waals surface area (Å²) in [5.41, 5.74) is -2.59. The lowest BCUT2D eigenvalue weighted by atomic mass is 9.46. The first-order chi connectivity index (χ1) is 23.6. The normalized spacial score (nSPS) is 35.5. The van der Waals surface area contributed by atoms with E-state index in [1.807, 2.05) is 19.9 Å². The van der Waals surface area contributed by atoms with Gasteiger partial charge in [0.1, 0.15) is 24.4 Å². The van der Waals surface area contributed by atoms with E-state index in [9.17, 15) is 34.5 Å². The summed E-state index contributed by atoms with van der Waals surface area (Å²) in [6.07, 6.45) is -7.66. The van der Waals surface area contributed by atoms with E-state index in [1.165, 1.54) is 13.8 Å². The maximum absolute atomic E-state index is 14.8. The molecule has 268 valence electrons. The van der Waals surface area contributed by atoms with E-state index >= 15 is 0 Å². The Hall–Kier alpha value is -3.90. The Balaban J connectivity index is 1.49. The van der Waals surface area contributed by atoms with Crippen LogP contribution in [0.2, 0.25) is 0 Å². The number of aliphatic hydroxyl groups excluding tert-OH is 3. The molecule has 2 saturated carbocycles. The number of hydrogen-bond acceptors (Lipinski definition) is 11. The third kappa shape index (κ3) is 5.59. The van der Waals surface area contributed by atoms with Gasteiger partial charge in [-0.3, -0.25) is 9.59 Å². The molecule has 0 aromatic heterocycles. The van der Waals surface area contributed by atoms with Gasteiger partial charge in [-0.2, -0.15) is 0 Å². The van der Waals surface area contributed by atoms with Gasteiger partial charge in [0.05, 0.1) is 29.6 Å². The second-order valence-corrected chi connectivity index (χ2v) is 15.1. The number of carbonyl (C=O) groups excluding carboxylic acids is 4. The van der Waals surface area contributed by atoms with Crippen LogP contribution >= 0.6 is 0 Å². The highest BCUT2D eigenvalue weighted by molar-refractivity contribution is 5.94. The van der Waals surface area contributed by atoms with Gasteiger partial charge in [-0.15, -0.1) is 0 Å². The molecule has 4 aliphatic rings. The van der Waals surface area contributed by atoms with Crippen molar-refractivity contribution < 1.29 is 53.4 Å². The van der Waals surface area contributed by atoms with E-state index in [0.717, 1.165) is 5.56 Å². The Labute approximate surface area is 291 Å². The zero-order valence-corrected chi connectivity index (χ0v) is 29.2. The van der Waals surface area contributed by atoms with Crippen LogP contribution in [0, 0.1) is 22.7 Å². The average molecular weight is 691 g/mol. The second kappa shape index (κ2) is 13.0. The van der Waals surface area contributed by atoms with Crippen LogP contribution in [0.4, 0.5) is 0 Å². The predicted octanol–water partition coefficient (Wildman–Crippen LogP) is 3.68. The summed E-state index contributed by atoms with van der Waals surface area (Å²) in [6, 6.07) is 17.4. The number of ketones is 1. The van der Waals surface area contributed by atoms with E-state index in [1.54, 1.807) is 68.4 Å². The van der Waals surface area contributed by atoms with Crippen molar-refractivity contribution in [2.24, 2.45) is 22.7 Å². The fourth-order valence-electron chi connectivity index (χ4n) is 9.21. The number of carbonyl (C=O) groups is 4. The fraction of sp³-hybridized carbons (Fsp3) is 0.538. The van der Waals surface area contributed by atoms with Crippen molar-refractivity contribution in [3.05, 3.63) is 82.9 Å². The topological polar surface area (TPSA) is 166 Å². The molecule has 2 bridgehead atoms. The van der Waals surface area contributed by atoms with Crippen molar-refractivity contribution in [3.8, 4) is 0 Å². The van der Waals surface area contributed by atoms with Crippen LogP contribution in [-0.4, -0.2) is 87.8 Å². The van der Waals surface area contributed by atoms with Crippen LogP contribution < -0.4 is 0 Å². The van der Waals surface area contributed by atoms with Crippen molar-refractivity contribution in [1.82, 2.24) is 0 Å². The molecule has 11 heteroatoms. The van der Waals surface area contributed by atoms with Crippen LogP contribution in [-0.2, 0) is 33.3 Å². The number of aliphatic hydroxyl groups is 3. The van der Waals surface area contributed by atoms with E-state index < -0.39 is 94.5 Å². The molecule has 1 aliphatic heterocycles. The highest BCUT2D eigenvalue weighted by Crippen LogP contribution is 2.63. The molecule has 0 radical (unpaired) electrons. The molecule has 1 unspecified atom stereocenters. The lowest BCUT2D eigenvalue weighted by molar-refractivity contribution is -0.335. The largest absolute Gasteiger partial charge is 0.458 e. The van der Waals surface area contributed by atoms with Crippen LogP contribution in [0.15, 0.2) is 71.8 Å². The van der Waals surface area contributed by atoms with E-state index in [0.29, 0.717) is 5.57 Å². The first kappa shape index (κ1) is 35.9. The van der Waals surface area contributed by atoms with E-state index in [2.05, 4.69) is 0 Å². The molecule has 6 rings (SSSR count). The Morgan fingerprint density at radius 2 is 1.56 bits per heavy atom. The zero-order valence-electron chi connectivity index (χ0n) is 29.2. The Bertz CT molecular complexity index is 1690. The smallest absolute Gasteiger partial charge is 0.338 e. The highest BCUT2D eigenvalue weighted by Gasteiger charge is 2.75. The molecule has 0 spiro atoms. The summed E-state index contributed by atoms with van der Waals surface area (Å²) in [6.45, 7) is 9.69. The molecule has 3 N–H and O–H groups in total. The molecule has 1 saturated heterocycles. The van der Waals surface area contributed by atoms with Crippen molar-refractivity contribution in [2.45, 2.75) is 103 Å². The van der Waals surface area contributed by atoms with Crippen LogP contribution in [0.25, 0.3) is 0 Å². The number of ether oxygens (including phenoxy) is 4. The first-order valence-corrected chi connectivity index (χ1v) is 17.2. The monoisotopic (exact) mass is 690 g/mol. The van der Waals surface area contributed by atoms with Crippen molar-refractivity contribution in [1.29, 1.82) is 0 Å². The van der Waals surface area contributed by atoms with E-state index in [-0.39, 0.29) is 30.6 Å². The second-order valence-electron chi connectivity index (χ2n) is 15.1. The third-order valence-electron chi connectivity index (χ3n) is 12.0. The van der Waals surface area contributed by atoms with Gasteiger partial charge in [0, 0.05) is 25.2 Å². The SMILES string of the molecule is CC(=O)O[C@@]12CO[C@@H]1C[C@H](O)[C@@]1(C)C(=O)[C@H](O)C3=C(C)[C@@H](OC(=O)[C@H](O)[C@@H](C)c4ccccc4)C[C@H](C(OC(=O)c4ccccc4)[C@H]21)C3(C)C. The van der Waals surface area contributed by atoms with Gasteiger partial charge in [0.2, 0.25) is 0 Å². The summed E-state index contributed by atoms with van der Waals surface area (Å²) >= 11 is 0. The lowest BCUT2D eigenvalue weighted by Crippen LogP contribution is -2.79. The molecule has 1 heterocycles. The van der Waals surface area contributed by atoms with Gasteiger partial charge >= 0.3 is 17.9 Å². The Morgan fingerprint density at radius 1 is 0.940 bits per heavy atom. The Morgan fingerprint density at radius 3 is 2.14 bits per heavy atom. The zero-order chi connectivity index (χ0) is 36.3. The summed E-state index contributed by atoms with van der Waals surface area (Å²) in [7, 11) is 0. The predicted molar refractivity (Wildman–Crippen MR) is 178 cm³/mol. The fourth-order valence-corrected chi connectivity index (χ4v) is 9.21. The number of rotatable bonds is 7. The van der Waals surface area contributed by atoms with Gasteiger partial charge < -0.3 is 34.3 Å². The standard InChI is InChI=1S/C39H46O11/c1-20(23-13-9-7-10-14-23)30(42)36(46)48-26-17-25-32(49-35(45)24-15-11-8-12-16-24)33-38(6,34(44)31(43)29(21(26)2)37(25,4)5)27(41)18-28-39(33,19-47-28)50-22(3)40/h7-16,20,25-28,30-33,41-43H,17-19H2,1-6H3/t20-,25+,26-,27-,28+,30+,31+,32?,33-,38+,39-/m0/s1. The maximum atomic E-state index is 14.8. The van der Waals surface area contributed by atoms with Crippen molar-refractivity contribution >= 4 is 23.7 Å². The number of fused-ring (bicyclic) bond motifs is 5. The molecule has 0 amide bonds. The quantitative estimate of drug-likeness (QED) is 0.220. The highest BCUT2D eigenvalue weighted by atomic mass is 16.6. The molecular formula is C39H46O11. The van der Waals surface area contributed by atoms with Gasteiger partial charge in [-0.05, 0) is 54.5 Å². The number of hydrogen-bond donors (Lipinski definition) is 3. The van der Waals surface area contributed by atoms with Gasteiger partial charge in [0.25, 0.3) is 0 Å². The molecule has 3 aliphatic carbocycles. The van der Waals surface area contributed by atoms with Gasteiger partial charge in [-0.1, -0.05) is 69.3 Å². The summed E-state index contributed by atoms with van der Waals surface area (Å²) in [4.78, 5) is 55.0. The van der Waals surface area contributed by atoms with E-state index in [4.69, 9.17) is 18.9 Å². The molecule has 2 aromatic carbocycles. The number of Topliss-reactive ketones (excluding diaryl/α,β-unsaturated/α-hetero) is 1. The molecule has 2 aromatic rings. The third-order valence-corrected chi connectivity index (χ3v) is 12.0.